The summed E-state index contributed by atoms with van der Waals surface area (Å²) in [5, 5.41) is 4.48. The summed E-state index contributed by atoms with van der Waals surface area (Å²) in [6, 6.07) is 0.130. The third kappa shape index (κ3) is 5.88. The Kier molecular flexibility index (Phi) is 8.58. The van der Waals surface area contributed by atoms with E-state index in [-0.39, 0.29) is 16.9 Å². The molecule has 0 unspecified atom stereocenters. The smallest absolute Gasteiger partial charge is 0.436 e. The molecule has 0 radical (unpaired) electrons. The second kappa shape index (κ2) is 11.6. The molecule has 8 heteroatoms. The number of oxime groups is 1. The van der Waals surface area contributed by atoms with Crippen LogP contribution in [0.25, 0.3) is 0 Å². The molecule has 2 amide bonds. The van der Waals surface area contributed by atoms with Gasteiger partial charge in [-0.3, -0.25) is 9.63 Å². The minimum Gasteiger partial charge on any atom is -0.444 e. The maximum atomic E-state index is 13.3. The predicted molar refractivity (Wildman–Crippen MR) is 163 cm³/mol. The lowest BCUT2D eigenvalue weighted by Crippen LogP contribution is -2.51. The first-order valence-corrected chi connectivity index (χ1v) is 16.4. The van der Waals surface area contributed by atoms with E-state index in [0.29, 0.717) is 49.0 Å². The number of ether oxygens (including phenoxy) is 1. The van der Waals surface area contributed by atoms with Crippen LogP contribution in [0.4, 0.5) is 9.59 Å². The first-order valence-electron chi connectivity index (χ1n) is 16.4. The zero-order valence-corrected chi connectivity index (χ0v) is 27.0. The molecule has 0 bridgehead atoms. The normalized spacial score (nSPS) is 34.8. The van der Waals surface area contributed by atoms with E-state index < -0.39 is 17.8 Å². The molecular weight excluding hydrogens is 530 g/mol. The predicted octanol–water partition coefficient (Wildman–Crippen LogP) is 7.37. The van der Waals surface area contributed by atoms with Crippen LogP contribution in [0, 0.1) is 34.5 Å². The molecule has 4 saturated carbocycles. The van der Waals surface area contributed by atoms with Gasteiger partial charge < -0.3 is 14.5 Å². The summed E-state index contributed by atoms with van der Waals surface area (Å²) >= 11 is 0. The molecule has 42 heavy (non-hydrogen) atoms. The Morgan fingerprint density at radius 2 is 1.71 bits per heavy atom. The lowest BCUT2D eigenvalue weighted by atomic mass is 9.46. The average molecular weight is 584 g/mol. The van der Waals surface area contributed by atoms with Crippen LogP contribution in [0.15, 0.2) is 16.8 Å². The Hall–Kier alpha value is -2.38. The van der Waals surface area contributed by atoms with Gasteiger partial charge in [-0.25, -0.2) is 9.59 Å². The van der Waals surface area contributed by atoms with Crippen LogP contribution in [-0.2, 0) is 14.4 Å². The van der Waals surface area contributed by atoms with E-state index in [1.54, 1.807) is 11.9 Å². The molecular formula is C34H53N3O5. The first-order chi connectivity index (χ1) is 19.7. The summed E-state index contributed by atoms with van der Waals surface area (Å²) in [6.45, 7) is 13.2. The van der Waals surface area contributed by atoms with Gasteiger partial charge >= 0.3 is 12.2 Å². The zero-order chi connectivity index (χ0) is 30.4. The molecule has 0 spiro atoms. The summed E-state index contributed by atoms with van der Waals surface area (Å²) in [5.74, 6) is 2.62. The highest BCUT2D eigenvalue weighted by Crippen LogP contribution is 2.66. The number of nitrogens with zero attached hydrogens (tertiary/aromatic N) is 3. The fourth-order valence-electron chi connectivity index (χ4n) is 9.28. The summed E-state index contributed by atoms with van der Waals surface area (Å²) in [5.41, 5.74) is 2.11. The number of likely N-dealkylation sites (N-methyl/N-ethyl adjacent to an activating group) is 1. The van der Waals surface area contributed by atoms with Crippen LogP contribution in [0.5, 0.6) is 0 Å². The molecule has 8 nitrogen and oxygen atoms in total. The van der Waals surface area contributed by atoms with Gasteiger partial charge in [-0.1, -0.05) is 24.6 Å². The van der Waals surface area contributed by atoms with Crippen molar-refractivity contribution in [2.45, 2.75) is 124 Å². The lowest BCUT2D eigenvalue weighted by molar-refractivity contribution is -0.117. The van der Waals surface area contributed by atoms with Crippen molar-refractivity contribution >= 4 is 23.7 Å². The van der Waals surface area contributed by atoms with E-state index in [1.807, 2.05) is 33.8 Å². The maximum Gasteiger partial charge on any atom is 0.436 e. The number of allylic oxidation sites excluding steroid dienone is 1. The van der Waals surface area contributed by atoms with Crippen LogP contribution < -0.4 is 0 Å². The van der Waals surface area contributed by atoms with Crippen LogP contribution in [-0.4, -0.2) is 65.3 Å². The molecule has 0 saturated heterocycles. The average Bonchev–Trinajstić information content (AvgIpc) is 3.24. The molecule has 0 aromatic rings. The van der Waals surface area contributed by atoms with Gasteiger partial charge in [-0.2, -0.15) is 0 Å². The third-order valence-corrected chi connectivity index (χ3v) is 11.9. The van der Waals surface area contributed by atoms with Crippen molar-refractivity contribution in [3.63, 3.8) is 0 Å². The number of hydrogen-bond donors (Lipinski definition) is 0. The van der Waals surface area contributed by atoms with Crippen LogP contribution in [0.2, 0.25) is 0 Å². The SMILES string of the molecule is C/C(=N\OC(=O)N(CCN(C)C(=O)OC(C)(C)C)C1CCC1)[C@H]1CC[C@H]2[C@@H]3CCC4=CC(=O)CC[C@]4(C)[C@H]3CC[C@]12C. The number of carbonyl (C=O) groups excluding carboxylic acids is 3. The van der Waals surface area contributed by atoms with E-state index in [4.69, 9.17) is 9.57 Å². The summed E-state index contributed by atoms with van der Waals surface area (Å²) in [7, 11) is 1.70. The van der Waals surface area contributed by atoms with E-state index in [2.05, 4.69) is 19.0 Å². The van der Waals surface area contributed by atoms with Crippen molar-refractivity contribution < 1.29 is 24.0 Å². The largest absolute Gasteiger partial charge is 0.444 e. The highest BCUT2D eigenvalue weighted by molar-refractivity contribution is 5.91. The number of fused-ring (bicyclic) bond motifs is 5. The van der Waals surface area contributed by atoms with Gasteiger partial charge in [-0.05, 0) is 127 Å². The molecule has 5 aliphatic rings. The molecule has 6 atom stereocenters. The molecule has 5 aliphatic carbocycles. The number of hydrogen-bond acceptors (Lipinski definition) is 6. The lowest BCUT2D eigenvalue weighted by Gasteiger charge is -2.58. The zero-order valence-electron chi connectivity index (χ0n) is 27.0. The molecule has 0 aromatic carbocycles. The standard InChI is InChI=1S/C34H53N3O5/c1-22(35-42-31(40)37(24-9-8-10-24)20-19-36(7)30(39)41-32(2,3)4)27-13-14-28-26-12-11-23-21-25(38)15-17-33(23,5)29(26)16-18-34(27,28)6/h21,24,26-29H,8-20H2,1-7H3/b35-22+/t26-,27+,28-,29-,33-,34+/m0/s1. The number of carbonyl (C=O) groups is 3. The summed E-state index contributed by atoms with van der Waals surface area (Å²) in [4.78, 5) is 46.8. The molecule has 0 N–H and O–H groups in total. The van der Waals surface area contributed by atoms with Crippen molar-refractivity contribution in [3.8, 4) is 0 Å². The highest BCUT2D eigenvalue weighted by Gasteiger charge is 2.59. The van der Waals surface area contributed by atoms with Crippen molar-refractivity contribution in [2.24, 2.45) is 39.7 Å². The minimum absolute atomic E-state index is 0.130. The molecule has 4 fully saturated rings. The van der Waals surface area contributed by atoms with Gasteiger partial charge in [0.1, 0.15) is 5.60 Å². The fraction of sp³-hybridized carbons (Fsp3) is 0.824. The highest BCUT2D eigenvalue weighted by atomic mass is 16.7. The summed E-state index contributed by atoms with van der Waals surface area (Å²) < 4.78 is 5.46. The second-order valence-electron chi connectivity index (χ2n) is 15.4. The number of rotatable bonds is 6. The molecule has 234 valence electrons. The molecule has 5 rings (SSSR count). The Bertz CT molecular complexity index is 1140. The third-order valence-electron chi connectivity index (χ3n) is 11.9. The van der Waals surface area contributed by atoms with Crippen LogP contribution in [0.3, 0.4) is 0 Å². The van der Waals surface area contributed by atoms with Crippen molar-refractivity contribution in [1.29, 1.82) is 0 Å². The van der Waals surface area contributed by atoms with E-state index in [1.165, 1.54) is 29.7 Å². The number of amides is 2. The molecule has 0 heterocycles. The van der Waals surface area contributed by atoms with Gasteiger partial charge in [0.05, 0.1) is 5.71 Å². The first kappa shape index (κ1) is 31.1. The Morgan fingerprint density at radius 3 is 2.38 bits per heavy atom. The number of ketones is 1. The molecule has 0 aromatic heterocycles. The Balaban J connectivity index is 1.22. The van der Waals surface area contributed by atoms with Gasteiger partial charge in [0.25, 0.3) is 0 Å². The maximum absolute atomic E-state index is 13.3. The Labute approximate surface area is 252 Å². The quantitative estimate of drug-likeness (QED) is 0.185. The van der Waals surface area contributed by atoms with Crippen molar-refractivity contribution in [3.05, 3.63) is 11.6 Å². The van der Waals surface area contributed by atoms with E-state index >= 15 is 0 Å². The van der Waals surface area contributed by atoms with Gasteiger partial charge in [-0.15, -0.1) is 0 Å². The van der Waals surface area contributed by atoms with Crippen LogP contribution >= 0.6 is 0 Å². The summed E-state index contributed by atoms with van der Waals surface area (Å²) in [6.07, 6.45) is 12.7. The van der Waals surface area contributed by atoms with Crippen molar-refractivity contribution in [2.75, 3.05) is 20.1 Å². The van der Waals surface area contributed by atoms with Gasteiger partial charge in [0.15, 0.2) is 5.78 Å². The van der Waals surface area contributed by atoms with E-state index in [0.717, 1.165) is 50.7 Å². The second-order valence-corrected chi connectivity index (χ2v) is 15.4. The topological polar surface area (TPSA) is 88.5 Å². The minimum atomic E-state index is -0.565. The molecule has 0 aliphatic heterocycles. The monoisotopic (exact) mass is 583 g/mol. The van der Waals surface area contributed by atoms with Gasteiger partial charge in [0, 0.05) is 38.5 Å². The fourth-order valence-corrected chi connectivity index (χ4v) is 9.28. The van der Waals surface area contributed by atoms with Gasteiger partial charge in [0.2, 0.25) is 0 Å². The van der Waals surface area contributed by atoms with E-state index in [9.17, 15) is 14.4 Å². The van der Waals surface area contributed by atoms with Crippen molar-refractivity contribution in [1.82, 2.24) is 9.80 Å². The van der Waals surface area contributed by atoms with Crippen LogP contribution in [0.1, 0.15) is 112 Å². The Morgan fingerprint density at radius 1 is 0.976 bits per heavy atom.